The Morgan fingerprint density at radius 3 is 1.41 bits per heavy atom. The molecule has 1 heterocycles. The van der Waals surface area contributed by atoms with Crippen molar-refractivity contribution in [3.63, 3.8) is 0 Å². The van der Waals surface area contributed by atoms with E-state index in [-0.39, 0.29) is 28.0 Å². The third-order valence-corrected chi connectivity index (χ3v) is 9.87. The lowest BCUT2D eigenvalue weighted by atomic mass is 9.97. The highest BCUT2D eigenvalue weighted by molar-refractivity contribution is 5.91. The molecule has 0 aliphatic carbocycles. The third-order valence-electron chi connectivity index (χ3n) is 9.87. The Bertz CT molecular complexity index is 2580. The molecule has 0 N–H and O–H groups in total. The second-order valence-electron chi connectivity index (χ2n) is 14.0. The molecule has 0 spiro atoms. The van der Waals surface area contributed by atoms with Crippen molar-refractivity contribution in [3.05, 3.63) is 191 Å². The zero-order chi connectivity index (χ0) is 44.8. The van der Waals surface area contributed by atoms with Crippen LogP contribution in [0.25, 0.3) is 0 Å². The molecular formula is C51H42O13. The topological polar surface area (TPSA) is 151 Å². The summed E-state index contributed by atoms with van der Waals surface area (Å²) in [6.07, 6.45) is -7.76. The number of hydrogen-bond acceptors (Lipinski definition) is 13. The lowest BCUT2D eigenvalue weighted by Gasteiger charge is -2.44. The van der Waals surface area contributed by atoms with Gasteiger partial charge in [-0.3, -0.25) is 0 Å². The van der Waals surface area contributed by atoms with Gasteiger partial charge in [-0.2, -0.15) is 0 Å². The molecule has 1 aliphatic heterocycles. The Morgan fingerprint density at radius 1 is 0.484 bits per heavy atom. The van der Waals surface area contributed by atoms with Gasteiger partial charge in [0.25, 0.3) is 0 Å². The highest BCUT2D eigenvalue weighted by Crippen LogP contribution is 2.38. The second-order valence-corrected chi connectivity index (χ2v) is 14.0. The van der Waals surface area contributed by atoms with Gasteiger partial charge >= 0.3 is 23.9 Å². The predicted octanol–water partition coefficient (Wildman–Crippen LogP) is 7.75. The van der Waals surface area contributed by atoms with Crippen LogP contribution in [0.15, 0.2) is 158 Å². The summed E-state index contributed by atoms with van der Waals surface area (Å²) in [5.41, 5.74) is 1.59. The van der Waals surface area contributed by atoms with Gasteiger partial charge in [0.05, 0.1) is 49.1 Å². The van der Waals surface area contributed by atoms with E-state index in [1.165, 1.54) is 45.6 Å². The van der Waals surface area contributed by atoms with Crippen molar-refractivity contribution in [2.45, 2.75) is 30.7 Å². The quantitative estimate of drug-likeness (QED) is 0.0597. The summed E-state index contributed by atoms with van der Waals surface area (Å²) in [4.78, 5) is 55.3. The molecule has 13 nitrogen and oxygen atoms in total. The minimum Gasteiger partial charge on any atom is -0.493 e. The van der Waals surface area contributed by atoms with E-state index >= 15 is 0 Å². The van der Waals surface area contributed by atoms with Crippen molar-refractivity contribution in [3.8, 4) is 34.8 Å². The number of esters is 4. The zero-order valence-corrected chi connectivity index (χ0v) is 34.9. The zero-order valence-electron chi connectivity index (χ0n) is 34.9. The number of methoxy groups -OCH3 is 3. The van der Waals surface area contributed by atoms with Crippen molar-refractivity contribution in [1.82, 2.24) is 0 Å². The van der Waals surface area contributed by atoms with Crippen molar-refractivity contribution >= 4 is 23.9 Å². The fourth-order valence-corrected chi connectivity index (χ4v) is 6.71. The van der Waals surface area contributed by atoms with Crippen LogP contribution in [0.3, 0.4) is 0 Å². The molecule has 6 aromatic rings. The number of benzene rings is 6. The van der Waals surface area contributed by atoms with Crippen LogP contribution < -0.4 is 18.9 Å². The highest BCUT2D eigenvalue weighted by atomic mass is 16.7. The summed E-state index contributed by atoms with van der Waals surface area (Å²) >= 11 is 0. The number of ether oxygens (including phenoxy) is 9. The minimum absolute atomic E-state index is 0.146. The monoisotopic (exact) mass is 862 g/mol. The van der Waals surface area contributed by atoms with Crippen molar-refractivity contribution in [2.75, 3.05) is 27.9 Å². The molecule has 324 valence electrons. The number of hydrogen-bond donors (Lipinski definition) is 0. The first-order chi connectivity index (χ1) is 31.3. The lowest BCUT2D eigenvalue weighted by molar-refractivity contribution is -0.275. The Balaban J connectivity index is 1.32. The van der Waals surface area contributed by atoms with Crippen LogP contribution in [0.1, 0.15) is 52.6 Å². The predicted molar refractivity (Wildman–Crippen MR) is 231 cm³/mol. The molecule has 1 fully saturated rings. The van der Waals surface area contributed by atoms with Gasteiger partial charge in [0, 0.05) is 5.56 Å². The Morgan fingerprint density at radius 2 is 0.922 bits per heavy atom. The van der Waals surface area contributed by atoms with Gasteiger partial charge in [0.1, 0.15) is 18.5 Å². The largest absolute Gasteiger partial charge is 0.493 e. The van der Waals surface area contributed by atoms with Crippen molar-refractivity contribution in [1.29, 1.82) is 0 Å². The number of carbonyl (C=O) groups is 4. The summed E-state index contributed by atoms with van der Waals surface area (Å²) < 4.78 is 53.9. The second kappa shape index (κ2) is 21.1. The van der Waals surface area contributed by atoms with E-state index in [2.05, 4.69) is 11.8 Å². The fraction of sp³-hybridized carbons (Fsp3) is 0.176. The van der Waals surface area contributed by atoms with Crippen LogP contribution in [0.2, 0.25) is 0 Å². The molecular weight excluding hydrogens is 821 g/mol. The molecule has 5 atom stereocenters. The SMILES string of the molecule is COc1cc(C#Cc2ccccc2O[C@@H]2O[C@H](COC(=O)c3ccccc3)[C@@H](OC(=O)c3ccccc3)[C@H](OC(=O)c3ccccc3)[C@H]2OC(=O)c2ccccc2)cc(OC)c1OC. The maximum Gasteiger partial charge on any atom is 0.338 e. The number of carbonyl (C=O) groups excluding carboxylic acids is 4. The van der Waals surface area contributed by atoms with E-state index < -0.39 is 61.2 Å². The van der Waals surface area contributed by atoms with Crippen molar-refractivity contribution in [2.24, 2.45) is 0 Å². The average molecular weight is 863 g/mol. The number of para-hydroxylation sites is 1. The summed E-state index contributed by atoms with van der Waals surface area (Å²) in [6, 6.07) is 42.7. The first-order valence-electron chi connectivity index (χ1n) is 20.0. The maximum absolute atomic E-state index is 14.0. The Labute approximate surface area is 369 Å². The van der Waals surface area contributed by atoms with Gasteiger partial charge < -0.3 is 42.6 Å². The third kappa shape index (κ3) is 10.7. The smallest absolute Gasteiger partial charge is 0.338 e. The van der Waals surface area contributed by atoms with E-state index in [1.54, 1.807) is 133 Å². The van der Waals surface area contributed by atoms with Crippen LogP contribution in [-0.2, 0) is 23.7 Å². The van der Waals surface area contributed by atoms with Crippen LogP contribution in [-0.4, -0.2) is 82.5 Å². The molecule has 0 unspecified atom stereocenters. The van der Waals surface area contributed by atoms with E-state index in [9.17, 15) is 19.2 Å². The molecule has 64 heavy (non-hydrogen) atoms. The summed E-state index contributed by atoms with van der Waals surface area (Å²) in [5, 5.41) is 0. The fourth-order valence-electron chi connectivity index (χ4n) is 6.71. The number of rotatable bonds is 14. The Hall–Kier alpha value is -8.08. The molecule has 1 aliphatic rings. The van der Waals surface area contributed by atoms with Crippen LogP contribution in [0.5, 0.6) is 23.0 Å². The van der Waals surface area contributed by atoms with Gasteiger partial charge in [-0.1, -0.05) is 96.8 Å². The van der Waals surface area contributed by atoms with Gasteiger partial charge in [-0.05, 0) is 72.8 Å². The normalized spacial score (nSPS) is 17.6. The Kier molecular flexibility index (Phi) is 14.5. The van der Waals surface area contributed by atoms with Gasteiger partial charge in [0.15, 0.2) is 23.7 Å². The molecule has 7 rings (SSSR count). The van der Waals surface area contributed by atoms with E-state index in [0.29, 0.717) is 28.4 Å². The first kappa shape index (κ1) is 44.0. The molecule has 6 aromatic carbocycles. The molecule has 13 heteroatoms. The molecule has 0 saturated carbocycles. The first-order valence-corrected chi connectivity index (χ1v) is 20.0. The molecule has 0 amide bonds. The highest BCUT2D eigenvalue weighted by Gasteiger charge is 2.54. The summed E-state index contributed by atoms with van der Waals surface area (Å²) in [5.74, 6) is 4.36. The van der Waals surface area contributed by atoms with E-state index in [0.717, 1.165) is 0 Å². The molecule has 0 radical (unpaired) electrons. The van der Waals surface area contributed by atoms with Gasteiger partial charge in [-0.25, -0.2) is 19.2 Å². The molecule has 0 aromatic heterocycles. The van der Waals surface area contributed by atoms with E-state index in [1.807, 2.05) is 0 Å². The van der Waals surface area contributed by atoms with Crippen LogP contribution >= 0.6 is 0 Å². The summed E-state index contributed by atoms with van der Waals surface area (Å²) in [7, 11) is 4.49. The van der Waals surface area contributed by atoms with Gasteiger partial charge in [-0.15, -0.1) is 0 Å². The summed E-state index contributed by atoms with van der Waals surface area (Å²) in [6.45, 7) is -0.526. The van der Waals surface area contributed by atoms with Crippen molar-refractivity contribution < 1.29 is 61.8 Å². The minimum atomic E-state index is -1.62. The van der Waals surface area contributed by atoms with E-state index in [4.69, 9.17) is 42.6 Å². The van der Waals surface area contributed by atoms with Crippen LogP contribution in [0.4, 0.5) is 0 Å². The maximum atomic E-state index is 14.0. The standard InChI is InChI=1S/C51H42O13/c1-56-40-30-33(31-41(57-2)43(40)58-3)28-29-34-18-16-17-27-39(34)60-51-46(64-50(55)38-25-14-7-15-26-38)45(63-49(54)37-23-12-6-13-24-37)44(62-48(53)36-21-10-5-11-22-36)42(61-51)32-59-47(52)35-19-8-4-9-20-35/h4-27,30-31,42,44-46,51H,32H2,1-3H3/t42-,44-,45+,46-,51-/m1/s1. The molecule has 0 bridgehead atoms. The average Bonchev–Trinajstić information content (AvgIpc) is 3.35. The molecule has 1 saturated heterocycles. The lowest BCUT2D eigenvalue weighted by Crippen LogP contribution is -2.64. The van der Waals surface area contributed by atoms with Crippen LogP contribution in [0, 0.1) is 11.8 Å². The van der Waals surface area contributed by atoms with Gasteiger partial charge in [0.2, 0.25) is 18.1 Å².